The summed E-state index contributed by atoms with van der Waals surface area (Å²) in [6, 6.07) is 3.99. The lowest BCUT2D eigenvalue weighted by atomic mass is 10.2. The van der Waals surface area contributed by atoms with Crippen molar-refractivity contribution in [3.05, 3.63) is 22.9 Å². The van der Waals surface area contributed by atoms with Crippen LogP contribution >= 0.6 is 34.4 Å². The number of carbonyl (C=O) groups is 1. The lowest BCUT2D eigenvalue weighted by molar-refractivity contribution is -0.113. The van der Waals surface area contributed by atoms with E-state index in [4.69, 9.17) is 5.11 Å². The van der Waals surface area contributed by atoms with Gasteiger partial charge in [0.2, 0.25) is 5.91 Å². The normalized spacial score (nSPS) is 12.3. The van der Waals surface area contributed by atoms with Gasteiger partial charge in [-0.05, 0) is 23.1 Å². The lowest BCUT2D eigenvalue weighted by Gasteiger charge is -2.06. The average Bonchev–Trinajstić information content (AvgIpc) is 3.08. The maximum Gasteiger partial charge on any atom is 0.236 e. The smallest absolute Gasteiger partial charge is 0.236 e. The Bertz CT molecular complexity index is 540. The molecule has 1 atom stereocenters. The highest BCUT2D eigenvalue weighted by atomic mass is 32.2. The van der Waals surface area contributed by atoms with Gasteiger partial charge in [-0.2, -0.15) is 11.8 Å². The standard InChI is InChI=1S/C13H16N2O2S3/c1-9(5-16)6-18-8-12(17)15-13-14-10(7-20-13)11-3-2-4-19-11/h2-4,7,9,16H,5-6,8H2,1H3,(H,14,15,17). The molecule has 1 amide bonds. The van der Waals surface area contributed by atoms with E-state index in [-0.39, 0.29) is 18.4 Å². The van der Waals surface area contributed by atoms with E-state index in [1.807, 2.05) is 29.8 Å². The first kappa shape index (κ1) is 15.5. The number of hydrogen-bond acceptors (Lipinski definition) is 6. The number of nitrogens with one attached hydrogen (secondary N) is 1. The minimum absolute atomic E-state index is 0.0489. The summed E-state index contributed by atoms with van der Waals surface area (Å²) in [5.41, 5.74) is 0.904. The third-order valence-electron chi connectivity index (χ3n) is 2.47. The van der Waals surface area contributed by atoms with Gasteiger partial charge >= 0.3 is 0 Å². The van der Waals surface area contributed by atoms with Gasteiger partial charge in [-0.15, -0.1) is 22.7 Å². The van der Waals surface area contributed by atoms with Gasteiger partial charge in [-0.25, -0.2) is 4.98 Å². The van der Waals surface area contributed by atoms with Crippen LogP contribution in [-0.2, 0) is 4.79 Å². The number of nitrogens with zero attached hydrogens (tertiary/aromatic N) is 1. The van der Waals surface area contributed by atoms with Crippen molar-refractivity contribution in [2.75, 3.05) is 23.4 Å². The predicted octanol–water partition coefficient (Wildman–Crippen LogP) is 3.17. The van der Waals surface area contributed by atoms with E-state index >= 15 is 0 Å². The quantitative estimate of drug-likeness (QED) is 0.819. The van der Waals surface area contributed by atoms with Gasteiger partial charge < -0.3 is 10.4 Å². The first-order chi connectivity index (χ1) is 9.69. The van der Waals surface area contributed by atoms with E-state index in [1.54, 1.807) is 11.3 Å². The number of aromatic nitrogens is 1. The van der Waals surface area contributed by atoms with Crippen molar-refractivity contribution < 1.29 is 9.90 Å². The van der Waals surface area contributed by atoms with Gasteiger partial charge in [0.25, 0.3) is 0 Å². The Morgan fingerprint density at radius 1 is 1.55 bits per heavy atom. The lowest BCUT2D eigenvalue weighted by Crippen LogP contribution is -2.15. The van der Waals surface area contributed by atoms with E-state index in [9.17, 15) is 4.79 Å². The molecular weight excluding hydrogens is 312 g/mol. The molecule has 0 aliphatic carbocycles. The maximum atomic E-state index is 11.8. The summed E-state index contributed by atoms with van der Waals surface area (Å²) < 4.78 is 0. The summed E-state index contributed by atoms with van der Waals surface area (Å²) in [7, 11) is 0. The minimum atomic E-state index is -0.0489. The van der Waals surface area contributed by atoms with Gasteiger partial charge in [-0.3, -0.25) is 4.79 Å². The van der Waals surface area contributed by atoms with Crippen molar-refractivity contribution in [3.63, 3.8) is 0 Å². The molecule has 2 N–H and O–H groups in total. The number of amides is 1. The van der Waals surface area contributed by atoms with Gasteiger partial charge in [0.15, 0.2) is 5.13 Å². The highest BCUT2D eigenvalue weighted by Crippen LogP contribution is 2.28. The van der Waals surface area contributed by atoms with Crippen molar-refractivity contribution in [3.8, 4) is 10.6 Å². The van der Waals surface area contributed by atoms with Crippen molar-refractivity contribution in [2.24, 2.45) is 5.92 Å². The number of thiophene rings is 1. The Morgan fingerprint density at radius 3 is 3.10 bits per heavy atom. The number of rotatable bonds is 7. The van der Waals surface area contributed by atoms with E-state index in [0.717, 1.165) is 16.3 Å². The van der Waals surface area contributed by atoms with E-state index in [0.29, 0.717) is 10.9 Å². The summed E-state index contributed by atoms with van der Waals surface area (Å²) in [5.74, 6) is 1.34. The van der Waals surface area contributed by atoms with Gasteiger partial charge in [-0.1, -0.05) is 13.0 Å². The molecule has 0 spiro atoms. The summed E-state index contributed by atoms with van der Waals surface area (Å²) in [6.07, 6.45) is 0. The molecule has 0 bridgehead atoms. The first-order valence-corrected chi connectivity index (χ1v) is 9.08. The first-order valence-electron chi connectivity index (χ1n) is 6.17. The monoisotopic (exact) mass is 328 g/mol. The van der Waals surface area contributed by atoms with Crippen LogP contribution in [-0.4, -0.2) is 34.1 Å². The van der Waals surface area contributed by atoms with E-state index in [2.05, 4.69) is 10.3 Å². The Kier molecular flexibility index (Phi) is 6.03. The average molecular weight is 328 g/mol. The summed E-state index contributed by atoms with van der Waals surface area (Å²) in [6.45, 7) is 2.12. The molecule has 7 heteroatoms. The molecule has 4 nitrogen and oxygen atoms in total. The van der Waals surface area contributed by atoms with Crippen molar-refractivity contribution >= 4 is 45.5 Å². The zero-order valence-corrected chi connectivity index (χ0v) is 13.5. The zero-order valence-electron chi connectivity index (χ0n) is 11.0. The van der Waals surface area contributed by atoms with Crippen molar-refractivity contribution in [2.45, 2.75) is 6.92 Å². The number of carbonyl (C=O) groups excluding carboxylic acids is 1. The van der Waals surface area contributed by atoms with Gasteiger partial charge in [0.1, 0.15) is 0 Å². The van der Waals surface area contributed by atoms with Crippen LogP contribution in [0.4, 0.5) is 5.13 Å². The Hall–Kier alpha value is -0.890. The van der Waals surface area contributed by atoms with Gasteiger partial charge in [0, 0.05) is 12.0 Å². The van der Waals surface area contributed by atoms with Crippen LogP contribution in [0.1, 0.15) is 6.92 Å². The van der Waals surface area contributed by atoms with E-state index in [1.165, 1.54) is 23.1 Å². The molecule has 0 fully saturated rings. The van der Waals surface area contributed by atoms with Crippen molar-refractivity contribution in [1.29, 1.82) is 0 Å². The van der Waals surface area contributed by atoms with Crippen LogP contribution in [0.15, 0.2) is 22.9 Å². The fraction of sp³-hybridized carbons (Fsp3) is 0.385. The minimum Gasteiger partial charge on any atom is -0.396 e. The molecular formula is C13H16N2O2S3. The molecule has 0 aliphatic rings. The predicted molar refractivity (Wildman–Crippen MR) is 87.6 cm³/mol. The SMILES string of the molecule is CC(CO)CSCC(=O)Nc1nc(-c2cccs2)cs1. The highest BCUT2D eigenvalue weighted by Gasteiger charge is 2.09. The number of thiazole rings is 1. The zero-order chi connectivity index (χ0) is 14.4. The molecule has 108 valence electrons. The second-order valence-electron chi connectivity index (χ2n) is 4.37. The fourth-order valence-corrected chi connectivity index (χ4v) is 3.80. The van der Waals surface area contributed by atoms with Crippen LogP contribution in [0, 0.1) is 5.92 Å². The molecule has 2 rings (SSSR count). The van der Waals surface area contributed by atoms with Crippen LogP contribution in [0.3, 0.4) is 0 Å². The maximum absolute atomic E-state index is 11.8. The molecule has 0 saturated heterocycles. The largest absolute Gasteiger partial charge is 0.396 e. The molecule has 0 radical (unpaired) electrons. The second-order valence-corrected chi connectivity index (χ2v) is 7.20. The Balaban J connectivity index is 1.80. The third-order valence-corrected chi connectivity index (χ3v) is 5.39. The number of hydrogen-bond donors (Lipinski definition) is 2. The molecule has 0 aromatic carbocycles. The number of aliphatic hydroxyl groups excluding tert-OH is 1. The number of aliphatic hydroxyl groups is 1. The summed E-state index contributed by atoms with van der Waals surface area (Å²) in [5, 5.41) is 16.3. The number of thioether (sulfide) groups is 1. The third kappa shape index (κ3) is 4.59. The van der Waals surface area contributed by atoms with Crippen LogP contribution < -0.4 is 5.32 Å². The molecule has 20 heavy (non-hydrogen) atoms. The second kappa shape index (κ2) is 7.78. The van der Waals surface area contributed by atoms with Crippen LogP contribution in [0.5, 0.6) is 0 Å². The van der Waals surface area contributed by atoms with Crippen molar-refractivity contribution in [1.82, 2.24) is 4.98 Å². The molecule has 2 aromatic rings. The van der Waals surface area contributed by atoms with Crippen LogP contribution in [0.25, 0.3) is 10.6 Å². The van der Waals surface area contributed by atoms with E-state index < -0.39 is 0 Å². The fourth-order valence-electron chi connectivity index (χ4n) is 1.43. The topological polar surface area (TPSA) is 62.2 Å². The molecule has 0 saturated carbocycles. The summed E-state index contributed by atoms with van der Waals surface area (Å²) in [4.78, 5) is 17.3. The highest BCUT2D eigenvalue weighted by molar-refractivity contribution is 7.99. The number of anilines is 1. The summed E-state index contributed by atoms with van der Waals surface area (Å²) >= 11 is 4.59. The molecule has 0 aliphatic heterocycles. The van der Waals surface area contributed by atoms with Crippen LogP contribution in [0.2, 0.25) is 0 Å². The van der Waals surface area contributed by atoms with Gasteiger partial charge in [0.05, 0.1) is 16.3 Å². The Morgan fingerprint density at radius 2 is 2.40 bits per heavy atom. The molecule has 1 unspecified atom stereocenters. The Labute approximate surface area is 130 Å². The molecule has 2 aromatic heterocycles. The molecule has 2 heterocycles.